The minimum absolute atomic E-state index is 0.0768. The summed E-state index contributed by atoms with van der Waals surface area (Å²) in [7, 11) is 0. The lowest BCUT2D eigenvalue weighted by Gasteiger charge is -2.32. The molecule has 132 valence electrons. The number of carbonyl (C=O) groups excluding carboxylic acids is 1. The molecule has 1 N–H and O–H groups in total. The maximum Gasteiger partial charge on any atom is 0.521 e. The molecule has 24 heavy (non-hydrogen) atoms. The van der Waals surface area contributed by atoms with E-state index in [4.69, 9.17) is 0 Å². The van der Waals surface area contributed by atoms with Crippen molar-refractivity contribution in [3.63, 3.8) is 0 Å². The van der Waals surface area contributed by atoms with Crippen LogP contribution in [-0.2, 0) is 11.2 Å². The number of quaternary nitrogens is 1. The lowest BCUT2D eigenvalue weighted by atomic mass is 9.97. The average molecular weight is 373 g/mol. The SMILES string of the molecule is CSC(CS)C(=O)[N@+]1(C(=O)O)C[C@@H](Cc2ccc(F)cc2)CC1C. The summed E-state index contributed by atoms with van der Waals surface area (Å²) >= 11 is 5.54. The zero-order chi connectivity index (χ0) is 17.9. The molecule has 7 heteroatoms. The third-order valence-electron chi connectivity index (χ3n) is 4.87. The van der Waals surface area contributed by atoms with Crippen LogP contribution >= 0.6 is 24.4 Å². The van der Waals surface area contributed by atoms with Crippen molar-refractivity contribution in [1.82, 2.24) is 0 Å². The number of halogens is 1. The fourth-order valence-corrected chi connectivity index (χ4v) is 4.75. The highest BCUT2D eigenvalue weighted by Gasteiger charge is 2.57. The molecular formula is C17H23FNO3S2+. The molecule has 0 radical (unpaired) electrons. The van der Waals surface area contributed by atoms with Gasteiger partial charge in [0.05, 0.1) is 6.54 Å². The number of rotatable bonds is 5. The van der Waals surface area contributed by atoms with Crippen LogP contribution in [0.3, 0.4) is 0 Å². The number of carboxylic acid groups (broad SMARTS) is 1. The minimum atomic E-state index is -1.09. The number of benzene rings is 1. The number of likely N-dealkylation sites (tertiary alicyclic amines) is 1. The van der Waals surface area contributed by atoms with Crippen molar-refractivity contribution < 1.29 is 23.6 Å². The number of hydrogen-bond donors (Lipinski definition) is 2. The number of thioether (sulfide) groups is 1. The van der Waals surface area contributed by atoms with Crippen molar-refractivity contribution in [3.05, 3.63) is 35.6 Å². The van der Waals surface area contributed by atoms with Gasteiger partial charge >= 0.3 is 12.0 Å². The van der Waals surface area contributed by atoms with Crippen LogP contribution < -0.4 is 0 Å². The Morgan fingerprint density at radius 2 is 2.04 bits per heavy atom. The van der Waals surface area contributed by atoms with E-state index in [1.54, 1.807) is 18.4 Å². The smallest absolute Gasteiger partial charge is 0.435 e. The molecule has 1 saturated heterocycles. The van der Waals surface area contributed by atoms with Crippen molar-refractivity contribution in [2.75, 3.05) is 18.6 Å². The molecule has 0 saturated carbocycles. The van der Waals surface area contributed by atoms with Crippen LogP contribution in [0, 0.1) is 11.7 Å². The molecule has 4 atom stereocenters. The summed E-state index contributed by atoms with van der Waals surface area (Å²) in [5.41, 5.74) is 0.960. The first kappa shape index (κ1) is 19.3. The third kappa shape index (κ3) is 3.63. The van der Waals surface area contributed by atoms with E-state index in [-0.39, 0.29) is 30.2 Å². The van der Waals surface area contributed by atoms with Crippen LogP contribution in [0.2, 0.25) is 0 Å². The largest absolute Gasteiger partial charge is 0.521 e. The number of nitrogens with zero attached hydrogens (tertiary/aromatic N) is 1. The van der Waals surface area contributed by atoms with E-state index in [9.17, 15) is 19.1 Å². The van der Waals surface area contributed by atoms with Gasteiger partial charge in [-0.05, 0) is 37.3 Å². The average Bonchev–Trinajstić information content (AvgIpc) is 2.88. The molecule has 1 heterocycles. The normalized spacial score (nSPS) is 27.8. The number of imide groups is 1. The van der Waals surface area contributed by atoms with E-state index in [2.05, 4.69) is 12.6 Å². The van der Waals surface area contributed by atoms with Crippen LogP contribution in [-0.4, -0.2) is 51.4 Å². The molecule has 1 fully saturated rings. The molecule has 0 bridgehead atoms. The van der Waals surface area contributed by atoms with Gasteiger partial charge in [-0.25, -0.2) is 9.18 Å². The van der Waals surface area contributed by atoms with Crippen molar-refractivity contribution in [2.45, 2.75) is 31.1 Å². The first-order valence-corrected chi connectivity index (χ1v) is 9.81. The quantitative estimate of drug-likeness (QED) is 0.614. The Hall–Kier alpha value is -1.05. The molecule has 1 aromatic rings. The Kier molecular flexibility index (Phi) is 6.33. The van der Waals surface area contributed by atoms with E-state index in [1.165, 1.54) is 23.9 Å². The summed E-state index contributed by atoms with van der Waals surface area (Å²) in [6, 6.07) is 5.96. The number of thiol groups is 1. The Morgan fingerprint density at radius 3 is 2.54 bits per heavy atom. The lowest BCUT2D eigenvalue weighted by Crippen LogP contribution is -2.61. The molecule has 0 aromatic heterocycles. The topological polar surface area (TPSA) is 54.4 Å². The van der Waals surface area contributed by atoms with E-state index < -0.39 is 15.8 Å². The van der Waals surface area contributed by atoms with Gasteiger partial charge in [0.15, 0.2) is 0 Å². The van der Waals surface area contributed by atoms with Crippen LogP contribution in [0.25, 0.3) is 0 Å². The van der Waals surface area contributed by atoms with Gasteiger partial charge < -0.3 is 5.11 Å². The van der Waals surface area contributed by atoms with E-state index in [0.29, 0.717) is 18.6 Å². The highest BCUT2D eigenvalue weighted by atomic mass is 32.2. The van der Waals surface area contributed by atoms with Gasteiger partial charge in [0.1, 0.15) is 17.1 Å². The van der Waals surface area contributed by atoms with Crippen molar-refractivity contribution >= 4 is 36.4 Å². The Bertz CT molecular complexity index is 606. The van der Waals surface area contributed by atoms with Crippen molar-refractivity contribution in [1.29, 1.82) is 0 Å². The predicted octanol–water partition coefficient (Wildman–Crippen LogP) is 3.46. The Morgan fingerprint density at radius 1 is 1.42 bits per heavy atom. The summed E-state index contributed by atoms with van der Waals surface area (Å²) < 4.78 is 12.5. The highest BCUT2D eigenvalue weighted by Crippen LogP contribution is 2.36. The monoisotopic (exact) mass is 372 g/mol. The van der Waals surface area contributed by atoms with Gasteiger partial charge in [-0.2, -0.15) is 21.9 Å². The number of hydrogen-bond acceptors (Lipinski definition) is 4. The summed E-state index contributed by atoms with van der Waals surface area (Å²) in [6.07, 6.45) is 2.02. The van der Waals surface area contributed by atoms with Gasteiger partial charge in [0.25, 0.3) is 0 Å². The zero-order valence-corrected chi connectivity index (χ0v) is 15.5. The summed E-state index contributed by atoms with van der Waals surface area (Å²) in [5, 5.41) is 9.40. The Labute approximate surface area is 151 Å². The summed E-state index contributed by atoms with van der Waals surface area (Å²) in [6.45, 7) is 2.10. The van der Waals surface area contributed by atoms with Gasteiger partial charge in [0.2, 0.25) is 0 Å². The molecule has 1 aromatic carbocycles. The fraction of sp³-hybridized carbons (Fsp3) is 0.529. The van der Waals surface area contributed by atoms with Gasteiger partial charge in [-0.1, -0.05) is 12.1 Å². The van der Waals surface area contributed by atoms with Gasteiger partial charge in [-0.15, -0.1) is 11.8 Å². The number of carbonyl (C=O) groups is 2. The fourth-order valence-electron chi connectivity index (χ4n) is 3.60. The van der Waals surface area contributed by atoms with Crippen molar-refractivity contribution in [2.24, 2.45) is 5.92 Å². The maximum absolute atomic E-state index is 13.0. The minimum Gasteiger partial charge on any atom is -0.435 e. The molecule has 0 aliphatic carbocycles. The van der Waals surface area contributed by atoms with Crippen LogP contribution in [0.1, 0.15) is 18.9 Å². The second kappa shape index (κ2) is 7.89. The predicted molar refractivity (Wildman–Crippen MR) is 97.0 cm³/mol. The Balaban J connectivity index is 2.22. The molecule has 2 amide bonds. The van der Waals surface area contributed by atoms with Gasteiger partial charge in [0, 0.05) is 18.1 Å². The van der Waals surface area contributed by atoms with E-state index in [0.717, 1.165) is 5.56 Å². The van der Waals surface area contributed by atoms with E-state index in [1.807, 2.05) is 6.92 Å². The van der Waals surface area contributed by atoms with Crippen LogP contribution in [0.4, 0.5) is 9.18 Å². The van der Waals surface area contributed by atoms with Gasteiger partial charge in [-0.3, -0.25) is 0 Å². The lowest BCUT2D eigenvalue weighted by molar-refractivity contribution is -0.793. The standard InChI is InChI=1S/C17H22FNO3S2/c1-11-7-13(8-12-3-5-14(18)6-4-12)9-19(11,17(21)22)16(20)15(10-23)24-2/h3-6,11,13,15H,7-10H2,1-2H3,(H-,21,22,23)/p+1/t11?,13-,15?,19+/m1/s1. The molecule has 1 aliphatic heterocycles. The summed E-state index contributed by atoms with van der Waals surface area (Å²) in [5.74, 6) is -0.171. The van der Waals surface area contributed by atoms with Crippen LogP contribution in [0.15, 0.2) is 24.3 Å². The second-order valence-electron chi connectivity index (χ2n) is 6.36. The van der Waals surface area contributed by atoms with Crippen molar-refractivity contribution in [3.8, 4) is 0 Å². The molecule has 2 rings (SSSR count). The first-order chi connectivity index (χ1) is 11.3. The molecule has 1 aliphatic rings. The number of amides is 2. The molecular weight excluding hydrogens is 349 g/mol. The summed E-state index contributed by atoms with van der Waals surface area (Å²) in [4.78, 5) is 24.9. The third-order valence-corrected chi connectivity index (χ3v) is 6.42. The second-order valence-corrected chi connectivity index (χ2v) is 7.77. The molecule has 4 nitrogen and oxygen atoms in total. The maximum atomic E-state index is 13.0. The van der Waals surface area contributed by atoms with E-state index >= 15 is 0 Å². The molecule has 0 spiro atoms. The highest BCUT2D eigenvalue weighted by molar-refractivity contribution is 8.00. The first-order valence-electron chi connectivity index (χ1n) is 7.88. The molecule has 2 unspecified atom stereocenters. The zero-order valence-electron chi connectivity index (χ0n) is 13.8. The van der Waals surface area contributed by atoms with Crippen LogP contribution in [0.5, 0.6) is 0 Å².